The second kappa shape index (κ2) is 8.43. The molecule has 3 amide bonds. The summed E-state index contributed by atoms with van der Waals surface area (Å²) in [6.07, 6.45) is 3.72. The van der Waals surface area contributed by atoms with Crippen LogP contribution in [0.2, 0.25) is 0 Å². The van der Waals surface area contributed by atoms with Crippen LogP contribution in [0.4, 0.5) is 10.5 Å². The number of aryl methyl sites for hydroxylation is 3. The van der Waals surface area contributed by atoms with Crippen LogP contribution in [-0.4, -0.2) is 33.1 Å². The average Bonchev–Trinajstić information content (AvgIpc) is 3.22. The number of fused-ring (bicyclic) bond motifs is 1. The van der Waals surface area contributed by atoms with Crippen molar-refractivity contribution in [2.75, 3.05) is 11.9 Å². The normalized spacial score (nSPS) is 15.3. The highest BCUT2D eigenvalue weighted by atomic mass is 32.2. The molecule has 1 aliphatic rings. The van der Waals surface area contributed by atoms with E-state index in [1.807, 2.05) is 62.5 Å². The molecule has 31 heavy (non-hydrogen) atoms. The van der Waals surface area contributed by atoms with Crippen molar-refractivity contribution < 1.29 is 14.4 Å². The predicted octanol–water partition coefficient (Wildman–Crippen LogP) is 4.95. The number of nitrogens with zero attached hydrogens (tertiary/aromatic N) is 2. The van der Waals surface area contributed by atoms with Gasteiger partial charge in [0, 0.05) is 34.9 Å². The molecule has 0 radical (unpaired) electrons. The minimum atomic E-state index is -0.445. The molecule has 0 spiro atoms. The molecule has 0 saturated carbocycles. The first-order valence-electron chi connectivity index (χ1n) is 10.1. The fourth-order valence-electron chi connectivity index (χ4n) is 3.72. The topological polar surface area (TPSA) is 71.4 Å². The van der Waals surface area contributed by atoms with Crippen molar-refractivity contribution in [1.82, 2.24) is 9.47 Å². The van der Waals surface area contributed by atoms with E-state index in [0.29, 0.717) is 10.6 Å². The average molecular weight is 434 g/mol. The van der Waals surface area contributed by atoms with E-state index >= 15 is 0 Å². The van der Waals surface area contributed by atoms with E-state index in [-0.39, 0.29) is 6.54 Å². The fourth-order valence-corrected chi connectivity index (χ4v) is 4.55. The van der Waals surface area contributed by atoms with Gasteiger partial charge in [0.2, 0.25) is 5.91 Å². The predicted molar refractivity (Wildman–Crippen MR) is 125 cm³/mol. The number of amides is 3. The molecule has 0 bridgehead atoms. The van der Waals surface area contributed by atoms with Crippen LogP contribution in [0.25, 0.3) is 17.0 Å². The highest BCUT2D eigenvalue weighted by Gasteiger charge is 2.36. The number of carbonyl (C=O) groups excluding carboxylic acids is 3. The molecule has 158 valence electrons. The first kappa shape index (κ1) is 20.9. The Morgan fingerprint density at radius 3 is 2.65 bits per heavy atom. The minimum absolute atomic E-state index is 0.313. The van der Waals surface area contributed by atoms with Gasteiger partial charge in [0.25, 0.3) is 11.1 Å². The van der Waals surface area contributed by atoms with Gasteiger partial charge in [-0.15, -0.1) is 0 Å². The van der Waals surface area contributed by atoms with Gasteiger partial charge in [0.05, 0.1) is 4.91 Å². The third-order valence-corrected chi connectivity index (χ3v) is 6.19. The SMILES string of the molecule is CCn1cc(/C=C2\SC(=O)N(CC(=O)Nc3ccc(C)cc3C)C2=O)c2ccccc21. The first-order chi connectivity index (χ1) is 14.9. The molecule has 1 saturated heterocycles. The van der Waals surface area contributed by atoms with E-state index in [0.717, 1.165) is 50.8 Å². The van der Waals surface area contributed by atoms with Gasteiger partial charge in [-0.05, 0) is 56.3 Å². The van der Waals surface area contributed by atoms with Crippen LogP contribution < -0.4 is 5.32 Å². The van der Waals surface area contributed by atoms with Crippen LogP contribution >= 0.6 is 11.8 Å². The van der Waals surface area contributed by atoms with Crippen LogP contribution in [0.3, 0.4) is 0 Å². The molecule has 1 fully saturated rings. The quantitative estimate of drug-likeness (QED) is 0.578. The standard InChI is InChI=1S/C24H23N3O3S/c1-4-26-13-17(18-7-5-6-8-20(18)26)12-21-23(29)27(24(30)31-21)14-22(28)25-19-10-9-15(2)11-16(19)3/h5-13H,4,14H2,1-3H3,(H,25,28)/b21-12-. The summed E-state index contributed by atoms with van der Waals surface area (Å²) < 4.78 is 2.10. The third kappa shape index (κ3) is 4.14. The molecule has 6 nitrogen and oxygen atoms in total. The second-order valence-corrected chi connectivity index (χ2v) is 8.52. The molecule has 3 aromatic rings. The van der Waals surface area contributed by atoms with Crippen molar-refractivity contribution in [3.8, 4) is 0 Å². The van der Waals surface area contributed by atoms with E-state index in [2.05, 4.69) is 16.8 Å². The second-order valence-electron chi connectivity index (χ2n) is 7.52. The summed E-state index contributed by atoms with van der Waals surface area (Å²) in [5.74, 6) is -0.850. The lowest BCUT2D eigenvalue weighted by atomic mass is 10.1. The highest BCUT2D eigenvalue weighted by molar-refractivity contribution is 8.18. The van der Waals surface area contributed by atoms with Crippen molar-refractivity contribution >= 4 is 51.5 Å². The maximum atomic E-state index is 12.9. The first-order valence-corrected chi connectivity index (χ1v) is 10.9. The van der Waals surface area contributed by atoms with Crippen molar-refractivity contribution in [3.05, 3.63) is 70.3 Å². The summed E-state index contributed by atoms with van der Waals surface area (Å²) >= 11 is 0.865. The zero-order valence-corrected chi connectivity index (χ0v) is 18.5. The van der Waals surface area contributed by atoms with Gasteiger partial charge in [-0.1, -0.05) is 35.9 Å². The van der Waals surface area contributed by atoms with Crippen LogP contribution in [0.5, 0.6) is 0 Å². The summed E-state index contributed by atoms with van der Waals surface area (Å²) in [6.45, 7) is 6.42. The number of carbonyl (C=O) groups is 3. The molecule has 0 aliphatic carbocycles. The zero-order valence-electron chi connectivity index (χ0n) is 17.6. The third-order valence-electron chi connectivity index (χ3n) is 5.28. The summed E-state index contributed by atoms with van der Waals surface area (Å²) in [6, 6.07) is 13.6. The minimum Gasteiger partial charge on any atom is -0.347 e. The maximum Gasteiger partial charge on any atom is 0.294 e. The lowest BCUT2D eigenvalue weighted by molar-refractivity contribution is -0.127. The highest BCUT2D eigenvalue weighted by Crippen LogP contribution is 2.34. The summed E-state index contributed by atoms with van der Waals surface area (Å²) in [5.41, 5.74) is 4.64. The van der Waals surface area contributed by atoms with Gasteiger partial charge in [0.15, 0.2) is 0 Å². The maximum absolute atomic E-state index is 12.9. The van der Waals surface area contributed by atoms with Gasteiger partial charge in [-0.25, -0.2) is 0 Å². The molecule has 1 N–H and O–H groups in total. The lowest BCUT2D eigenvalue weighted by Crippen LogP contribution is -2.36. The van der Waals surface area contributed by atoms with Crippen LogP contribution in [-0.2, 0) is 16.1 Å². The Kier molecular flexibility index (Phi) is 5.69. The molecule has 2 heterocycles. The van der Waals surface area contributed by atoms with Crippen molar-refractivity contribution in [2.24, 2.45) is 0 Å². The number of thioether (sulfide) groups is 1. The van der Waals surface area contributed by atoms with Gasteiger partial charge >= 0.3 is 0 Å². The number of hydrogen-bond acceptors (Lipinski definition) is 4. The van der Waals surface area contributed by atoms with Crippen LogP contribution in [0, 0.1) is 13.8 Å². The Morgan fingerprint density at radius 2 is 1.90 bits per heavy atom. The van der Waals surface area contributed by atoms with Gasteiger partial charge in [0.1, 0.15) is 6.54 Å². The summed E-state index contributed by atoms with van der Waals surface area (Å²) in [7, 11) is 0. The number of benzene rings is 2. The molecule has 0 atom stereocenters. The smallest absolute Gasteiger partial charge is 0.294 e. The number of anilines is 1. The Labute approximate surface area is 184 Å². The molecular weight excluding hydrogens is 410 g/mol. The molecule has 1 aliphatic heterocycles. The Hall–Kier alpha value is -3.32. The van der Waals surface area contributed by atoms with E-state index in [9.17, 15) is 14.4 Å². The zero-order chi connectivity index (χ0) is 22.1. The largest absolute Gasteiger partial charge is 0.347 e. The van der Waals surface area contributed by atoms with Gasteiger partial charge in [-0.3, -0.25) is 19.3 Å². The Bertz CT molecular complexity index is 1240. The number of imide groups is 1. The lowest BCUT2D eigenvalue weighted by Gasteiger charge is -2.13. The molecule has 0 unspecified atom stereocenters. The van der Waals surface area contributed by atoms with Crippen LogP contribution in [0.15, 0.2) is 53.6 Å². The van der Waals surface area contributed by atoms with Gasteiger partial charge in [-0.2, -0.15) is 0 Å². The van der Waals surface area contributed by atoms with Crippen molar-refractivity contribution in [2.45, 2.75) is 27.3 Å². The molecular formula is C24H23N3O3S. The Morgan fingerprint density at radius 1 is 1.13 bits per heavy atom. The molecule has 1 aromatic heterocycles. The van der Waals surface area contributed by atoms with E-state index < -0.39 is 17.1 Å². The van der Waals surface area contributed by atoms with E-state index in [4.69, 9.17) is 0 Å². The Balaban J connectivity index is 1.53. The van der Waals surface area contributed by atoms with Crippen molar-refractivity contribution in [1.29, 1.82) is 0 Å². The molecule has 2 aromatic carbocycles. The monoisotopic (exact) mass is 433 g/mol. The van der Waals surface area contributed by atoms with Crippen molar-refractivity contribution in [3.63, 3.8) is 0 Å². The number of hydrogen-bond donors (Lipinski definition) is 1. The number of para-hydroxylation sites is 1. The van der Waals surface area contributed by atoms with E-state index in [1.165, 1.54) is 0 Å². The fraction of sp³-hybridized carbons (Fsp3) is 0.208. The number of rotatable bonds is 5. The summed E-state index contributed by atoms with van der Waals surface area (Å²) in [4.78, 5) is 39.1. The van der Waals surface area contributed by atoms with Gasteiger partial charge < -0.3 is 9.88 Å². The summed E-state index contributed by atoms with van der Waals surface area (Å²) in [5, 5.41) is 3.37. The van der Waals surface area contributed by atoms with E-state index in [1.54, 1.807) is 6.08 Å². The molecule has 7 heteroatoms. The molecule has 4 rings (SSSR count). The van der Waals surface area contributed by atoms with Crippen LogP contribution in [0.1, 0.15) is 23.6 Å². The number of nitrogens with one attached hydrogen (secondary N) is 1. The number of aromatic nitrogens is 1.